The number of nitrogens with zero attached hydrogens (tertiary/aromatic N) is 1. The molecule has 0 N–H and O–H groups in total. The highest BCUT2D eigenvalue weighted by Crippen LogP contribution is 2.21. The summed E-state index contributed by atoms with van der Waals surface area (Å²) in [5.74, 6) is 0.813. The van der Waals surface area contributed by atoms with Crippen LogP contribution in [0.15, 0.2) is 30.3 Å². The predicted octanol–water partition coefficient (Wildman–Crippen LogP) is 3.19. The number of carbonyl (C=O) groups excluding carboxylic acids is 1. The molecule has 17 heavy (non-hydrogen) atoms. The average Bonchev–Trinajstić information content (AvgIpc) is 2.90. The number of benzene rings is 1. The maximum Gasteiger partial charge on any atom is 0.222 e. The molecule has 1 aromatic rings. The van der Waals surface area contributed by atoms with Gasteiger partial charge in [-0.1, -0.05) is 37.3 Å². The van der Waals surface area contributed by atoms with E-state index in [0.29, 0.717) is 18.2 Å². The number of hydrogen-bond donors (Lipinski definition) is 0. The van der Waals surface area contributed by atoms with Gasteiger partial charge in [0.1, 0.15) is 0 Å². The summed E-state index contributed by atoms with van der Waals surface area (Å²) in [6, 6.07) is 10.4. The van der Waals surface area contributed by atoms with Crippen molar-refractivity contribution in [2.24, 2.45) is 0 Å². The summed E-state index contributed by atoms with van der Waals surface area (Å²) < 4.78 is 0. The van der Waals surface area contributed by atoms with Crippen LogP contribution in [0.3, 0.4) is 0 Å². The van der Waals surface area contributed by atoms with Gasteiger partial charge in [-0.15, -0.1) is 0 Å². The SMILES string of the molecule is C[C@H](CCC(=O)N1CCCC1)c1ccccc1. The molecule has 0 bridgehead atoms. The van der Waals surface area contributed by atoms with Crippen molar-refractivity contribution in [1.29, 1.82) is 0 Å². The second kappa shape index (κ2) is 5.85. The van der Waals surface area contributed by atoms with Gasteiger partial charge >= 0.3 is 0 Å². The predicted molar refractivity (Wildman–Crippen MR) is 69.9 cm³/mol. The zero-order valence-electron chi connectivity index (χ0n) is 10.6. The highest BCUT2D eigenvalue weighted by atomic mass is 16.2. The Morgan fingerprint density at radius 1 is 1.24 bits per heavy atom. The minimum Gasteiger partial charge on any atom is -0.343 e. The monoisotopic (exact) mass is 231 g/mol. The molecule has 0 aliphatic carbocycles. The van der Waals surface area contributed by atoms with Gasteiger partial charge in [0, 0.05) is 19.5 Å². The van der Waals surface area contributed by atoms with E-state index in [4.69, 9.17) is 0 Å². The van der Waals surface area contributed by atoms with E-state index in [0.717, 1.165) is 19.5 Å². The summed E-state index contributed by atoms with van der Waals surface area (Å²) in [4.78, 5) is 13.9. The lowest BCUT2D eigenvalue weighted by Crippen LogP contribution is -2.27. The van der Waals surface area contributed by atoms with Crippen molar-refractivity contribution >= 4 is 5.91 Å². The van der Waals surface area contributed by atoms with E-state index in [2.05, 4.69) is 31.2 Å². The van der Waals surface area contributed by atoms with Crippen LogP contribution < -0.4 is 0 Å². The maximum absolute atomic E-state index is 11.9. The number of hydrogen-bond acceptors (Lipinski definition) is 1. The van der Waals surface area contributed by atoms with Crippen LogP contribution in [0.1, 0.15) is 44.1 Å². The van der Waals surface area contributed by atoms with E-state index in [1.807, 2.05) is 11.0 Å². The Morgan fingerprint density at radius 2 is 1.88 bits per heavy atom. The van der Waals surface area contributed by atoms with Crippen LogP contribution in [-0.4, -0.2) is 23.9 Å². The van der Waals surface area contributed by atoms with Crippen molar-refractivity contribution in [1.82, 2.24) is 4.90 Å². The summed E-state index contributed by atoms with van der Waals surface area (Å²) in [5.41, 5.74) is 1.33. The van der Waals surface area contributed by atoms with Gasteiger partial charge in [0.25, 0.3) is 0 Å². The normalized spacial score (nSPS) is 17.1. The zero-order valence-corrected chi connectivity index (χ0v) is 10.6. The second-order valence-corrected chi connectivity index (χ2v) is 4.94. The first-order valence-electron chi connectivity index (χ1n) is 6.60. The molecule has 1 amide bonds. The number of carbonyl (C=O) groups is 1. The molecule has 0 saturated carbocycles. The quantitative estimate of drug-likeness (QED) is 0.779. The van der Waals surface area contributed by atoms with E-state index in [-0.39, 0.29) is 0 Å². The van der Waals surface area contributed by atoms with E-state index in [1.54, 1.807) is 0 Å². The minimum absolute atomic E-state index is 0.338. The molecule has 0 unspecified atom stereocenters. The zero-order chi connectivity index (χ0) is 12.1. The number of amides is 1. The molecule has 1 heterocycles. The Kier molecular flexibility index (Phi) is 4.18. The topological polar surface area (TPSA) is 20.3 Å². The van der Waals surface area contributed by atoms with Crippen LogP contribution >= 0.6 is 0 Å². The Labute approximate surface area is 104 Å². The van der Waals surface area contributed by atoms with Crippen molar-refractivity contribution in [2.75, 3.05) is 13.1 Å². The van der Waals surface area contributed by atoms with E-state index in [9.17, 15) is 4.79 Å². The van der Waals surface area contributed by atoms with Crippen molar-refractivity contribution in [3.8, 4) is 0 Å². The lowest BCUT2D eigenvalue weighted by atomic mass is 9.96. The molecule has 0 aromatic heterocycles. The summed E-state index contributed by atoms with van der Waals surface area (Å²) >= 11 is 0. The molecule has 2 rings (SSSR count). The van der Waals surface area contributed by atoms with Gasteiger partial charge < -0.3 is 4.90 Å². The molecule has 0 radical (unpaired) electrons. The Balaban J connectivity index is 1.80. The Morgan fingerprint density at radius 3 is 2.53 bits per heavy atom. The molecule has 1 atom stereocenters. The number of rotatable bonds is 4. The molecule has 92 valence electrons. The Bertz CT molecular complexity index is 354. The lowest BCUT2D eigenvalue weighted by molar-refractivity contribution is -0.130. The van der Waals surface area contributed by atoms with Gasteiger partial charge in [-0.2, -0.15) is 0 Å². The molecule has 2 heteroatoms. The molecule has 1 fully saturated rings. The van der Waals surface area contributed by atoms with Crippen LogP contribution in [-0.2, 0) is 4.79 Å². The maximum atomic E-state index is 11.9. The standard InChI is InChI=1S/C15H21NO/c1-13(14-7-3-2-4-8-14)9-10-15(17)16-11-5-6-12-16/h2-4,7-8,13H,5-6,9-12H2,1H3/t13-/m1/s1. The summed E-state index contributed by atoms with van der Waals surface area (Å²) in [6.07, 6.45) is 4.01. The highest BCUT2D eigenvalue weighted by Gasteiger charge is 2.18. The van der Waals surface area contributed by atoms with Gasteiger partial charge in [-0.25, -0.2) is 0 Å². The van der Waals surface area contributed by atoms with Crippen molar-refractivity contribution in [2.45, 2.75) is 38.5 Å². The smallest absolute Gasteiger partial charge is 0.222 e. The second-order valence-electron chi connectivity index (χ2n) is 4.94. The van der Waals surface area contributed by atoms with Gasteiger partial charge in [-0.3, -0.25) is 4.79 Å². The lowest BCUT2D eigenvalue weighted by Gasteiger charge is -2.17. The van der Waals surface area contributed by atoms with Gasteiger partial charge in [0.15, 0.2) is 0 Å². The van der Waals surface area contributed by atoms with Crippen LogP contribution in [0, 0.1) is 0 Å². The van der Waals surface area contributed by atoms with Crippen LogP contribution in [0.25, 0.3) is 0 Å². The number of likely N-dealkylation sites (tertiary alicyclic amines) is 1. The van der Waals surface area contributed by atoms with Gasteiger partial charge in [0.2, 0.25) is 5.91 Å². The minimum atomic E-state index is 0.338. The van der Waals surface area contributed by atoms with E-state index in [1.165, 1.54) is 18.4 Å². The fourth-order valence-corrected chi connectivity index (χ4v) is 2.41. The first-order valence-corrected chi connectivity index (χ1v) is 6.60. The molecular weight excluding hydrogens is 210 g/mol. The van der Waals surface area contributed by atoms with E-state index >= 15 is 0 Å². The summed E-state index contributed by atoms with van der Waals surface area (Å²) in [5, 5.41) is 0. The molecule has 0 spiro atoms. The van der Waals surface area contributed by atoms with Crippen molar-refractivity contribution < 1.29 is 4.79 Å². The molecule has 1 saturated heterocycles. The van der Waals surface area contributed by atoms with Crippen molar-refractivity contribution in [3.05, 3.63) is 35.9 Å². The average molecular weight is 231 g/mol. The molecule has 1 aromatic carbocycles. The fourth-order valence-electron chi connectivity index (χ4n) is 2.41. The van der Waals surface area contributed by atoms with Crippen LogP contribution in [0.4, 0.5) is 0 Å². The highest BCUT2D eigenvalue weighted by molar-refractivity contribution is 5.76. The molecule has 1 aliphatic rings. The van der Waals surface area contributed by atoms with Gasteiger partial charge in [-0.05, 0) is 30.7 Å². The fraction of sp³-hybridized carbons (Fsp3) is 0.533. The van der Waals surface area contributed by atoms with Crippen LogP contribution in [0.2, 0.25) is 0 Å². The third kappa shape index (κ3) is 3.32. The first kappa shape index (κ1) is 12.2. The molecule has 1 aliphatic heterocycles. The summed E-state index contributed by atoms with van der Waals surface area (Å²) in [6.45, 7) is 4.14. The third-order valence-corrected chi connectivity index (χ3v) is 3.62. The van der Waals surface area contributed by atoms with Crippen molar-refractivity contribution in [3.63, 3.8) is 0 Å². The third-order valence-electron chi connectivity index (χ3n) is 3.62. The van der Waals surface area contributed by atoms with Gasteiger partial charge in [0.05, 0.1) is 0 Å². The molecular formula is C15H21NO. The Hall–Kier alpha value is -1.31. The van der Waals surface area contributed by atoms with E-state index < -0.39 is 0 Å². The first-order chi connectivity index (χ1) is 8.27. The largest absolute Gasteiger partial charge is 0.343 e. The van der Waals surface area contributed by atoms with Crippen LogP contribution in [0.5, 0.6) is 0 Å². The summed E-state index contributed by atoms with van der Waals surface area (Å²) in [7, 11) is 0. The molecule has 2 nitrogen and oxygen atoms in total.